The van der Waals surface area contributed by atoms with E-state index >= 15 is 0 Å². The fraction of sp³-hybridized carbons (Fsp3) is 0.400. The first kappa shape index (κ1) is 14.9. The maximum atomic E-state index is 11.1. The molecule has 1 aromatic carbocycles. The molecule has 108 valence electrons. The number of para-hydroxylation sites is 1. The number of carboxylic acid groups (broad SMARTS) is 1. The van der Waals surface area contributed by atoms with Gasteiger partial charge in [-0.15, -0.1) is 11.8 Å². The minimum atomic E-state index is -0.768. The molecule has 0 aliphatic rings. The molecule has 1 atom stereocenters. The molecule has 4 nitrogen and oxygen atoms in total. The molecule has 2 aromatic rings. The standard InChI is InChI=1S/C15H20N2O2S/c1-2-8-16-13(15(18)19)7-9-20-14-10-11-5-3-4-6-12(11)17-14/h3-6,10,13,16-17H,2,7-9H2,1H3,(H,18,19). The SMILES string of the molecule is CCCNC(CCSc1cc2ccccc2[nH]1)C(=O)O. The zero-order chi connectivity index (χ0) is 14.4. The van der Waals surface area contributed by atoms with Crippen LogP contribution in [0.2, 0.25) is 0 Å². The average molecular weight is 292 g/mol. The van der Waals surface area contributed by atoms with Crippen LogP contribution in [0.5, 0.6) is 0 Å². The number of thioether (sulfide) groups is 1. The summed E-state index contributed by atoms with van der Waals surface area (Å²) in [5.41, 5.74) is 1.12. The lowest BCUT2D eigenvalue weighted by atomic mass is 10.2. The van der Waals surface area contributed by atoms with Crippen molar-refractivity contribution in [3.05, 3.63) is 30.3 Å². The highest BCUT2D eigenvalue weighted by molar-refractivity contribution is 7.99. The van der Waals surface area contributed by atoms with Gasteiger partial charge in [0.05, 0.1) is 5.03 Å². The lowest BCUT2D eigenvalue weighted by Gasteiger charge is -2.12. The number of rotatable bonds is 8. The van der Waals surface area contributed by atoms with Crippen molar-refractivity contribution in [2.75, 3.05) is 12.3 Å². The van der Waals surface area contributed by atoms with E-state index in [2.05, 4.69) is 22.4 Å². The highest BCUT2D eigenvalue weighted by Gasteiger charge is 2.15. The lowest BCUT2D eigenvalue weighted by molar-refractivity contribution is -0.139. The fourth-order valence-electron chi connectivity index (χ4n) is 2.04. The van der Waals surface area contributed by atoms with Crippen LogP contribution in [-0.2, 0) is 4.79 Å². The van der Waals surface area contributed by atoms with Crippen molar-refractivity contribution in [3.8, 4) is 0 Å². The molecule has 20 heavy (non-hydrogen) atoms. The summed E-state index contributed by atoms with van der Waals surface area (Å²) in [6.07, 6.45) is 1.56. The largest absolute Gasteiger partial charge is 0.480 e. The van der Waals surface area contributed by atoms with Gasteiger partial charge in [0.15, 0.2) is 0 Å². The van der Waals surface area contributed by atoms with Crippen LogP contribution >= 0.6 is 11.8 Å². The van der Waals surface area contributed by atoms with E-state index < -0.39 is 12.0 Å². The van der Waals surface area contributed by atoms with E-state index in [4.69, 9.17) is 5.11 Å². The van der Waals surface area contributed by atoms with Gasteiger partial charge in [-0.1, -0.05) is 25.1 Å². The van der Waals surface area contributed by atoms with E-state index in [0.29, 0.717) is 6.42 Å². The van der Waals surface area contributed by atoms with Crippen molar-refractivity contribution < 1.29 is 9.90 Å². The number of aromatic nitrogens is 1. The van der Waals surface area contributed by atoms with Crippen molar-refractivity contribution in [3.63, 3.8) is 0 Å². The summed E-state index contributed by atoms with van der Waals surface area (Å²) >= 11 is 1.67. The smallest absolute Gasteiger partial charge is 0.320 e. The van der Waals surface area contributed by atoms with Gasteiger partial charge < -0.3 is 15.4 Å². The van der Waals surface area contributed by atoms with Crippen LogP contribution in [0.4, 0.5) is 0 Å². The molecule has 0 bridgehead atoms. The molecule has 0 saturated heterocycles. The normalized spacial score (nSPS) is 12.7. The van der Waals surface area contributed by atoms with Gasteiger partial charge in [-0.2, -0.15) is 0 Å². The first-order chi connectivity index (χ1) is 9.70. The molecule has 2 rings (SSSR count). The van der Waals surface area contributed by atoms with Crippen LogP contribution in [0, 0.1) is 0 Å². The molecule has 1 aromatic heterocycles. The van der Waals surface area contributed by atoms with E-state index in [1.165, 1.54) is 5.39 Å². The van der Waals surface area contributed by atoms with Crippen molar-refractivity contribution in [1.29, 1.82) is 0 Å². The van der Waals surface area contributed by atoms with Crippen LogP contribution in [-0.4, -0.2) is 34.4 Å². The third-order valence-electron chi connectivity index (χ3n) is 3.11. The fourth-order valence-corrected chi connectivity index (χ4v) is 3.01. The van der Waals surface area contributed by atoms with Crippen LogP contribution in [0.1, 0.15) is 19.8 Å². The van der Waals surface area contributed by atoms with Crippen LogP contribution in [0.15, 0.2) is 35.4 Å². The van der Waals surface area contributed by atoms with Gasteiger partial charge in [0.25, 0.3) is 0 Å². The van der Waals surface area contributed by atoms with Crippen molar-refractivity contribution >= 4 is 28.6 Å². The van der Waals surface area contributed by atoms with Crippen molar-refractivity contribution in [2.45, 2.75) is 30.8 Å². The van der Waals surface area contributed by atoms with Crippen LogP contribution in [0.25, 0.3) is 10.9 Å². The third kappa shape index (κ3) is 4.02. The quantitative estimate of drug-likeness (QED) is 0.654. The van der Waals surface area contributed by atoms with E-state index in [1.807, 2.05) is 25.1 Å². The number of nitrogens with one attached hydrogen (secondary N) is 2. The van der Waals surface area contributed by atoms with E-state index in [1.54, 1.807) is 11.8 Å². The number of benzene rings is 1. The summed E-state index contributed by atoms with van der Waals surface area (Å²) in [7, 11) is 0. The molecule has 5 heteroatoms. The van der Waals surface area contributed by atoms with Crippen LogP contribution < -0.4 is 5.32 Å². The van der Waals surface area contributed by atoms with Crippen molar-refractivity contribution in [1.82, 2.24) is 10.3 Å². The number of aliphatic carboxylic acids is 1. The Kier molecular flexibility index (Phi) is 5.49. The molecule has 0 radical (unpaired) electrons. The molecular formula is C15H20N2O2S. The number of fused-ring (bicyclic) bond motifs is 1. The Morgan fingerprint density at radius 1 is 1.45 bits per heavy atom. The minimum Gasteiger partial charge on any atom is -0.480 e. The molecule has 3 N–H and O–H groups in total. The molecule has 0 aliphatic carbocycles. The lowest BCUT2D eigenvalue weighted by Crippen LogP contribution is -2.37. The van der Waals surface area contributed by atoms with Gasteiger partial charge in [-0.05, 0) is 31.5 Å². The monoisotopic (exact) mass is 292 g/mol. The Morgan fingerprint density at radius 2 is 2.25 bits per heavy atom. The summed E-state index contributed by atoms with van der Waals surface area (Å²) < 4.78 is 0. The molecule has 0 aliphatic heterocycles. The van der Waals surface area contributed by atoms with Gasteiger partial charge in [0.1, 0.15) is 6.04 Å². The Bertz CT molecular complexity index is 535. The Morgan fingerprint density at radius 3 is 2.95 bits per heavy atom. The number of hydrogen-bond donors (Lipinski definition) is 3. The molecular weight excluding hydrogens is 272 g/mol. The van der Waals surface area contributed by atoms with Gasteiger partial charge >= 0.3 is 5.97 Å². The van der Waals surface area contributed by atoms with Gasteiger partial charge in [0, 0.05) is 16.7 Å². The van der Waals surface area contributed by atoms with E-state index in [-0.39, 0.29) is 0 Å². The first-order valence-corrected chi connectivity index (χ1v) is 7.86. The second kappa shape index (κ2) is 7.36. The second-order valence-corrected chi connectivity index (χ2v) is 5.84. The highest BCUT2D eigenvalue weighted by atomic mass is 32.2. The third-order valence-corrected chi connectivity index (χ3v) is 4.08. The Hall–Kier alpha value is -1.46. The zero-order valence-electron chi connectivity index (χ0n) is 11.6. The summed E-state index contributed by atoms with van der Waals surface area (Å²) in [6, 6.07) is 9.78. The average Bonchev–Trinajstić information content (AvgIpc) is 2.84. The topological polar surface area (TPSA) is 65.1 Å². The first-order valence-electron chi connectivity index (χ1n) is 6.87. The number of hydrogen-bond acceptors (Lipinski definition) is 3. The summed E-state index contributed by atoms with van der Waals surface area (Å²) in [4.78, 5) is 14.4. The summed E-state index contributed by atoms with van der Waals surface area (Å²) in [5, 5.41) is 14.5. The maximum absolute atomic E-state index is 11.1. The molecule has 0 amide bonds. The Labute approximate surface area is 123 Å². The molecule has 0 saturated carbocycles. The number of carboxylic acids is 1. The van der Waals surface area contributed by atoms with E-state index in [9.17, 15) is 4.79 Å². The van der Waals surface area contributed by atoms with Gasteiger partial charge in [0.2, 0.25) is 0 Å². The highest BCUT2D eigenvalue weighted by Crippen LogP contribution is 2.23. The van der Waals surface area contributed by atoms with Gasteiger partial charge in [-0.25, -0.2) is 0 Å². The molecule has 1 heterocycles. The molecule has 0 spiro atoms. The summed E-state index contributed by atoms with van der Waals surface area (Å²) in [6.45, 7) is 2.78. The van der Waals surface area contributed by atoms with Crippen molar-refractivity contribution in [2.24, 2.45) is 0 Å². The number of H-pyrrole nitrogens is 1. The van der Waals surface area contributed by atoms with Gasteiger partial charge in [-0.3, -0.25) is 4.79 Å². The van der Waals surface area contributed by atoms with Crippen LogP contribution in [0.3, 0.4) is 0 Å². The predicted octanol–water partition coefficient (Wildman–Crippen LogP) is 3.10. The minimum absolute atomic E-state index is 0.452. The maximum Gasteiger partial charge on any atom is 0.320 e. The summed E-state index contributed by atoms with van der Waals surface area (Å²) in [5.74, 6) is 0.0104. The predicted molar refractivity (Wildman–Crippen MR) is 83.4 cm³/mol. The molecule has 1 unspecified atom stereocenters. The number of carbonyl (C=O) groups is 1. The second-order valence-electron chi connectivity index (χ2n) is 4.70. The van der Waals surface area contributed by atoms with E-state index in [0.717, 1.165) is 29.3 Å². The number of aromatic amines is 1. The molecule has 0 fully saturated rings. The Balaban J connectivity index is 1.86. The zero-order valence-corrected chi connectivity index (χ0v) is 12.4.